The molecule has 1 atom stereocenters. The van der Waals surface area contributed by atoms with E-state index in [1.165, 1.54) is 12.0 Å². The number of rotatable bonds is 6. The van der Waals surface area contributed by atoms with Crippen LogP contribution in [0.25, 0.3) is 16.9 Å². The van der Waals surface area contributed by atoms with Crippen molar-refractivity contribution in [1.29, 1.82) is 0 Å². The first-order valence-electron chi connectivity index (χ1n) is 10.7. The number of pyridine rings is 1. The Morgan fingerprint density at radius 2 is 1.93 bits per heavy atom. The number of hydrogen-bond donors (Lipinski definition) is 1. The Morgan fingerprint density at radius 1 is 1.13 bits per heavy atom. The van der Waals surface area contributed by atoms with E-state index in [2.05, 4.69) is 63.6 Å². The van der Waals surface area contributed by atoms with Gasteiger partial charge >= 0.3 is 0 Å². The number of anilines is 1. The van der Waals surface area contributed by atoms with E-state index in [0.29, 0.717) is 12.0 Å². The van der Waals surface area contributed by atoms with Crippen molar-refractivity contribution < 1.29 is 4.79 Å². The van der Waals surface area contributed by atoms with Gasteiger partial charge in [-0.05, 0) is 51.1 Å². The Balaban J connectivity index is 1.32. The SMILES string of the molecule is CN(C)C1CCN(Cc2ccc(-c3cccc4nc(NC(=O)C5CC5)nn34)cc2)C1. The van der Waals surface area contributed by atoms with Crippen molar-refractivity contribution in [2.45, 2.75) is 31.8 Å². The first kappa shape index (κ1) is 19.2. The molecule has 1 saturated heterocycles. The fourth-order valence-corrected chi connectivity index (χ4v) is 4.15. The van der Waals surface area contributed by atoms with Gasteiger partial charge in [-0.2, -0.15) is 4.98 Å². The molecule has 1 amide bonds. The lowest BCUT2D eigenvalue weighted by molar-refractivity contribution is -0.117. The van der Waals surface area contributed by atoms with Crippen molar-refractivity contribution >= 4 is 17.5 Å². The maximum Gasteiger partial charge on any atom is 0.249 e. The topological polar surface area (TPSA) is 65.8 Å². The van der Waals surface area contributed by atoms with Crippen LogP contribution in [0.15, 0.2) is 42.5 Å². The molecule has 0 spiro atoms. The van der Waals surface area contributed by atoms with Crippen LogP contribution in [0, 0.1) is 5.92 Å². The maximum absolute atomic E-state index is 12.0. The highest BCUT2D eigenvalue weighted by molar-refractivity contribution is 5.92. The van der Waals surface area contributed by atoms with Crippen LogP contribution in [0.3, 0.4) is 0 Å². The van der Waals surface area contributed by atoms with Crippen LogP contribution in [0.2, 0.25) is 0 Å². The molecule has 2 aliphatic rings. The molecular weight excluding hydrogens is 376 g/mol. The average molecular weight is 405 g/mol. The summed E-state index contributed by atoms with van der Waals surface area (Å²) < 4.78 is 1.81. The van der Waals surface area contributed by atoms with Gasteiger partial charge in [0.2, 0.25) is 11.9 Å². The molecule has 1 saturated carbocycles. The van der Waals surface area contributed by atoms with Gasteiger partial charge < -0.3 is 4.90 Å². The van der Waals surface area contributed by atoms with Crippen LogP contribution in [0.1, 0.15) is 24.8 Å². The third-order valence-corrected chi connectivity index (χ3v) is 6.18. The molecule has 1 aromatic carbocycles. The van der Waals surface area contributed by atoms with Gasteiger partial charge in [0.05, 0.1) is 5.69 Å². The summed E-state index contributed by atoms with van der Waals surface area (Å²) in [5.41, 5.74) is 4.10. The number of likely N-dealkylation sites (tertiary alicyclic amines) is 1. The van der Waals surface area contributed by atoms with Crippen molar-refractivity contribution in [2.75, 3.05) is 32.5 Å². The Labute approximate surface area is 176 Å². The van der Waals surface area contributed by atoms with E-state index in [1.807, 2.05) is 18.2 Å². The maximum atomic E-state index is 12.0. The van der Waals surface area contributed by atoms with Crippen molar-refractivity contribution in [3.8, 4) is 11.3 Å². The highest BCUT2D eigenvalue weighted by Crippen LogP contribution is 2.30. The minimum absolute atomic E-state index is 0.0234. The molecule has 5 rings (SSSR count). The fraction of sp³-hybridized carbons (Fsp3) is 0.435. The molecule has 156 valence electrons. The molecule has 7 nitrogen and oxygen atoms in total. The molecule has 1 N–H and O–H groups in total. The number of carbonyl (C=O) groups is 1. The Kier molecular flexibility index (Phi) is 5.00. The van der Waals surface area contributed by atoms with E-state index >= 15 is 0 Å². The summed E-state index contributed by atoms with van der Waals surface area (Å²) in [5, 5.41) is 7.37. The minimum atomic E-state index is 0.0234. The normalized spacial score (nSPS) is 19.6. The van der Waals surface area contributed by atoms with Gasteiger partial charge in [-0.3, -0.25) is 15.0 Å². The van der Waals surface area contributed by atoms with E-state index < -0.39 is 0 Å². The number of hydrogen-bond acceptors (Lipinski definition) is 5. The number of aromatic nitrogens is 3. The molecule has 1 unspecified atom stereocenters. The summed E-state index contributed by atoms with van der Waals surface area (Å²) >= 11 is 0. The van der Waals surface area contributed by atoms with Gasteiger partial charge in [-0.25, -0.2) is 4.52 Å². The Bertz CT molecular complexity index is 1050. The van der Waals surface area contributed by atoms with Crippen molar-refractivity contribution in [3.05, 3.63) is 48.0 Å². The summed E-state index contributed by atoms with van der Waals surface area (Å²) in [6, 6.07) is 15.3. The largest absolute Gasteiger partial charge is 0.305 e. The van der Waals surface area contributed by atoms with E-state index in [0.717, 1.165) is 49.4 Å². The molecule has 1 aliphatic heterocycles. The fourth-order valence-electron chi connectivity index (χ4n) is 4.15. The summed E-state index contributed by atoms with van der Waals surface area (Å²) in [7, 11) is 4.33. The lowest BCUT2D eigenvalue weighted by Gasteiger charge is -2.20. The first-order valence-corrected chi connectivity index (χ1v) is 10.7. The van der Waals surface area contributed by atoms with Crippen LogP contribution in [-0.2, 0) is 11.3 Å². The van der Waals surface area contributed by atoms with Crippen molar-refractivity contribution in [1.82, 2.24) is 24.4 Å². The predicted molar refractivity (Wildman–Crippen MR) is 117 cm³/mol. The molecular formula is C23H28N6O. The summed E-state index contributed by atoms with van der Waals surface area (Å²) in [6.07, 6.45) is 3.16. The highest BCUT2D eigenvalue weighted by atomic mass is 16.2. The third-order valence-electron chi connectivity index (χ3n) is 6.18. The monoisotopic (exact) mass is 404 g/mol. The first-order chi connectivity index (χ1) is 14.6. The lowest BCUT2D eigenvalue weighted by atomic mass is 10.1. The van der Waals surface area contributed by atoms with E-state index in [-0.39, 0.29) is 11.8 Å². The molecule has 30 heavy (non-hydrogen) atoms. The second-order valence-electron chi connectivity index (χ2n) is 8.72. The zero-order valence-electron chi connectivity index (χ0n) is 17.6. The van der Waals surface area contributed by atoms with Gasteiger partial charge in [0, 0.05) is 37.2 Å². The van der Waals surface area contributed by atoms with E-state index in [9.17, 15) is 4.79 Å². The number of benzene rings is 1. The number of nitrogens with zero attached hydrogens (tertiary/aromatic N) is 5. The van der Waals surface area contributed by atoms with Crippen LogP contribution in [0.4, 0.5) is 5.95 Å². The second-order valence-corrected chi connectivity index (χ2v) is 8.72. The smallest absolute Gasteiger partial charge is 0.249 e. The van der Waals surface area contributed by atoms with Crippen molar-refractivity contribution in [3.63, 3.8) is 0 Å². The zero-order chi connectivity index (χ0) is 20.7. The van der Waals surface area contributed by atoms with Crippen molar-refractivity contribution in [2.24, 2.45) is 5.92 Å². The molecule has 3 heterocycles. The number of likely N-dealkylation sites (N-methyl/N-ethyl adjacent to an activating group) is 1. The number of fused-ring (bicyclic) bond motifs is 1. The molecule has 1 aliphatic carbocycles. The molecule has 2 fully saturated rings. The number of carbonyl (C=O) groups excluding carboxylic acids is 1. The summed E-state index contributed by atoms with van der Waals surface area (Å²) in [5.74, 6) is 0.530. The standard InChI is InChI=1S/C23H28N6O/c1-27(2)19-12-13-28(15-19)14-16-6-8-17(9-7-16)20-4-3-5-21-24-23(26-29(20)21)25-22(30)18-10-11-18/h3-9,18-19H,10-15H2,1-2H3,(H,25,26,30). The lowest BCUT2D eigenvalue weighted by Crippen LogP contribution is -2.31. The Morgan fingerprint density at radius 3 is 2.63 bits per heavy atom. The summed E-state index contributed by atoms with van der Waals surface area (Å²) in [6.45, 7) is 3.26. The van der Waals surface area contributed by atoms with Gasteiger partial charge in [0.15, 0.2) is 5.65 Å². The average Bonchev–Trinajstić information content (AvgIpc) is 3.35. The molecule has 0 bridgehead atoms. The van der Waals surface area contributed by atoms with Gasteiger partial charge in [-0.15, -0.1) is 5.10 Å². The minimum Gasteiger partial charge on any atom is -0.305 e. The van der Waals surface area contributed by atoms with Crippen LogP contribution in [0.5, 0.6) is 0 Å². The van der Waals surface area contributed by atoms with Crippen LogP contribution >= 0.6 is 0 Å². The Hall–Kier alpha value is -2.77. The van der Waals surface area contributed by atoms with Crippen LogP contribution < -0.4 is 5.32 Å². The highest BCUT2D eigenvalue weighted by Gasteiger charge is 2.30. The second kappa shape index (κ2) is 7.81. The van der Waals surface area contributed by atoms with Crippen LogP contribution in [-0.4, -0.2) is 63.5 Å². The van der Waals surface area contributed by atoms with Gasteiger partial charge in [-0.1, -0.05) is 30.3 Å². The predicted octanol–water partition coefficient (Wildman–Crippen LogP) is 2.88. The molecule has 3 aromatic rings. The number of amides is 1. The van der Waals surface area contributed by atoms with E-state index in [4.69, 9.17) is 0 Å². The molecule has 7 heteroatoms. The summed E-state index contributed by atoms with van der Waals surface area (Å²) in [4.78, 5) is 21.3. The quantitative estimate of drug-likeness (QED) is 0.684. The van der Waals surface area contributed by atoms with Gasteiger partial charge in [0.25, 0.3) is 0 Å². The van der Waals surface area contributed by atoms with E-state index in [1.54, 1.807) is 4.52 Å². The molecule has 2 aromatic heterocycles. The third kappa shape index (κ3) is 3.95. The van der Waals surface area contributed by atoms with Gasteiger partial charge in [0.1, 0.15) is 0 Å². The number of nitrogens with one attached hydrogen (secondary N) is 1. The zero-order valence-corrected chi connectivity index (χ0v) is 17.6. The molecule has 0 radical (unpaired) electrons.